The molecule has 0 saturated carbocycles. The van der Waals surface area contributed by atoms with E-state index in [0.717, 1.165) is 0 Å². The van der Waals surface area contributed by atoms with Crippen molar-refractivity contribution in [2.75, 3.05) is 6.61 Å². The van der Waals surface area contributed by atoms with Crippen LogP contribution in [0.4, 0.5) is 4.39 Å². The Hall–Kier alpha value is 0.160. The Morgan fingerprint density at radius 1 is 1.58 bits per heavy atom. The number of hydrogen-bond acceptors (Lipinski definition) is 1. The third-order valence-corrected chi connectivity index (χ3v) is 3.88. The SMILES string of the molecule is CCOc1ccc(F)c(I)c1Br. The zero-order chi connectivity index (χ0) is 9.14. The van der Waals surface area contributed by atoms with E-state index in [2.05, 4.69) is 15.9 Å². The van der Waals surface area contributed by atoms with Crippen molar-refractivity contribution in [3.05, 3.63) is 26.0 Å². The van der Waals surface area contributed by atoms with Crippen LogP contribution in [0.2, 0.25) is 0 Å². The molecule has 0 spiro atoms. The minimum Gasteiger partial charge on any atom is -0.493 e. The Kier molecular flexibility index (Phi) is 3.77. The molecule has 0 aliphatic rings. The number of benzene rings is 1. The number of hydrogen-bond donors (Lipinski definition) is 0. The molecule has 4 heteroatoms. The number of ether oxygens (including phenoxy) is 1. The van der Waals surface area contributed by atoms with E-state index in [0.29, 0.717) is 20.4 Å². The fourth-order valence-corrected chi connectivity index (χ4v) is 1.66. The molecule has 0 unspecified atom stereocenters. The molecule has 0 atom stereocenters. The van der Waals surface area contributed by atoms with Gasteiger partial charge in [-0.25, -0.2) is 4.39 Å². The Bertz CT molecular complexity index is 291. The highest BCUT2D eigenvalue weighted by molar-refractivity contribution is 14.1. The van der Waals surface area contributed by atoms with Crippen LogP contribution in [0.1, 0.15) is 6.92 Å². The van der Waals surface area contributed by atoms with Gasteiger partial charge in [0.25, 0.3) is 0 Å². The van der Waals surface area contributed by atoms with Crippen molar-refractivity contribution >= 4 is 38.5 Å². The van der Waals surface area contributed by atoms with Gasteiger partial charge in [0.2, 0.25) is 0 Å². The monoisotopic (exact) mass is 344 g/mol. The Balaban J connectivity index is 3.08. The van der Waals surface area contributed by atoms with Gasteiger partial charge in [-0.2, -0.15) is 0 Å². The van der Waals surface area contributed by atoms with Crippen LogP contribution >= 0.6 is 38.5 Å². The van der Waals surface area contributed by atoms with Gasteiger partial charge in [0.05, 0.1) is 14.6 Å². The fourth-order valence-electron chi connectivity index (χ4n) is 0.775. The molecule has 1 aromatic rings. The average Bonchev–Trinajstić information content (AvgIpc) is 2.07. The van der Waals surface area contributed by atoms with Crippen LogP contribution in [0, 0.1) is 9.39 Å². The summed E-state index contributed by atoms with van der Waals surface area (Å²) in [7, 11) is 0. The summed E-state index contributed by atoms with van der Waals surface area (Å²) in [6.07, 6.45) is 0. The Morgan fingerprint density at radius 3 is 2.83 bits per heavy atom. The molecule has 1 nitrogen and oxygen atoms in total. The highest BCUT2D eigenvalue weighted by atomic mass is 127. The van der Waals surface area contributed by atoms with Crippen LogP contribution in [0.25, 0.3) is 0 Å². The molecule has 0 N–H and O–H groups in total. The lowest BCUT2D eigenvalue weighted by atomic mass is 10.3. The van der Waals surface area contributed by atoms with Crippen molar-refractivity contribution in [2.45, 2.75) is 6.92 Å². The van der Waals surface area contributed by atoms with Gasteiger partial charge in [-0.1, -0.05) is 0 Å². The first-order valence-corrected chi connectivity index (χ1v) is 5.30. The van der Waals surface area contributed by atoms with E-state index in [1.807, 2.05) is 29.5 Å². The Labute approximate surface area is 92.6 Å². The van der Waals surface area contributed by atoms with Crippen LogP contribution < -0.4 is 4.74 Å². The lowest BCUT2D eigenvalue weighted by Gasteiger charge is -2.06. The first-order chi connectivity index (χ1) is 5.66. The molecule has 1 rings (SSSR count). The molecule has 0 heterocycles. The minimum absolute atomic E-state index is 0.231. The van der Waals surface area contributed by atoms with Crippen molar-refractivity contribution in [1.82, 2.24) is 0 Å². The second kappa shape index (κ2) is 4.41. The maximum Gasteiger partial charge on any atom is 0.137 e. The molecule has 0 radical (unpaired) electrons. The van der Waals surface area contributed by atoms with Gasteiger partial charge in [0, 0.05) is 0 Å². The van der Waals surface area contributed by atoms with E-state index in [-0.39, 0.29) is 5.82 Å². The molecule has 0 fully saturated rings. The molecule has 0 bridgehead atoms. The third-order valence-electron chi connectivity index (χ3n) is 1.30. The third kappa shape index (κ3) is 2.10. The van der Waals surface area contributed by atoms with Gasteiger partial charge in [0.1, 0.15) is 11.6 Å². The van der Waals surface area contributed by atoms with Crippen molar-refractivity contribution in [1.29, 1.82) is 0 Å². The normalized spacial score (nSPS) is 10.0. The number of rotatable bonds is 2. The van der Waals surface area contributed by atoms with Crippen molar-refractivity contribution in [3.63, 3.8) is 0 Å². The van der Waals surface area contributed by atoms with Crippen LogP contribution in [-0.4, -0.2) is 6.61 Å². The van der Waals surface area contributed by atoms with E-state index in [1.165, 1.54) is 6.07 Å². The highest BCUT2D eigenvalue weighted by Crippen LogP contribution is 2.31. The van der Waals surface area contributed by atoms with Gasteiger partial charge < -0.3 is 4.74 Å². The molecular weight excluding hydrogens is 338 g/mol. The van der Waals surface area contributed by atoms with Gasteiger partial charge in [-0.15, -0.1) is 0 Å². The Morgan fingerprint density at radius 2 is 2.25 bits per heavy atom. The fraction of sp³-hybridized carbons (Fsp3) is 0.250. The topological polar surface area (TPSA) is 9.23 Å². The maximum absolute atomic E-state index is 12.9. The molecule has 1 aromatic carbocycles. The quantitative estimate of drug-likeness (QED) is 0.588. The zero-order valence-corrected chi connectivity index (χ0v) is 10.1. The van der Waals surface area contributed by atoms with E-state index < -0.39 is 0 Å². The first kappa shape index (κ1) is 10.2. The summed E-state index contributed by atoms with van der Waals surface area (Å²) in [6, 6.07) is 3.02. The zero-order valence-electron chi connectivity index (χ0n) is 6.40. The van der Waals surface area contributed by atoms with Crippen molar-refractivity contribution < 1.29 is 9.13 Å². The molecule has 66 valence electrons. The summed E-state index contributed by atoms with van der Waals surface area (Å²) in [4.78, 5) is 0. The van der Waals surface area contributed by atoms with Crippen LogP contribution in [-0.2, 0) is 0 Å². The summed E-state index contributed by atoms with van der Waals surface area (Å²) in [5, 5.41) is 0. The number of halogens is 3. The average molecular weight is 345 g/mol. The molecule has 0 aromatic heterocycles. The molecule has 12 heavy (non-hydrogen) atoms. The predicted octanol–water partition coefficient (Wildman–Crippen LogP) is 3.59. The van der Waals surface area contributed by atoms with E-state index in [1.54, 1.807) is 6.07 Å². The second-order valence-electron chi connectivity index (χ2n) is 2.11. The summed E-state index contributed by atoms with van der Waals surface area (Å²) in [6.45, 7) is 2.48. The molecule has 0 amide bonds. The van der Waals surface area contributed by atoms with Crippen molar-refractivity contribution in [3.8, 4) is 5.75 Å². The molecule has 0 aliphatic carbocycles. The van der Waals surface area contributed by atoms with Crippen molar-refractivity contribution in [2.24, 2.45) is 0 Å². The largest absolute Gasteiger partial charge is 0.493 e. The van der Waals surface area contributed by atoms with Crippen LogP contribution in [0.3, 0.4) is 0 Å². The second-order valence-corrected chi connectivity index (χ2v) is 3.98. The lowest BCUT2D eigenvalue weighted by Crippen LogP contribution is -1.94. The summed E-state index contributed by atoms with van der Waals surface area (Å²) in [5.41, 5.74) is 0. The van der Waals surface area contributed by atoms with Crippen LogP contribution in [0.5, 0.6) is 5.75 Å². The van der Waals surface area contributed by atoms with E-state index >= 15 is 0 Å². The summed E-state index contributed by atoms with van der Waals surface area (Å²) in [5.74, 6) is 0.453. The molecule has 0 aliphatic heterocycles. The summed E-state index contributed by atoms with van der Waals surface area (Å²) < 4.78 is 19.4. The lowest BCUT2D eigenvalue weighted by molar-refractivity contribution is 0.337. The first-order valence-electron chi connectivity index (χ1n) is 3.43. The maximum atomic E-state index is 12.9. The van der Waals surface area contributed by atoms with Gasteiger partial charge in [0.15, 0.2) is 0 Å². The minimum atomic E-state index is -0.231. The summed E-state index contributed by atoms with van der Waals surface area (Å²) >= 11 is 5.19. The van der Waals surface area contributed by atoms with Gasteiger partial charge in [-0.05, 0) is 57.6 Å². The smallest absolute Gasteiger partial charge is 0.137 e. The molecule has 0 saturated heterocycles. The van der Waals surface area contributed by atoms with Gasteiger partial charge in [-0.3, -0.25) is 0 Å². The highest BCUT2D eigenvalue weighted by Gasteiger charge is 2.08. The molecular formula is C8H7BrFIO. The van der Waals surface area contributed by atoms with Gasteiger partial charge >= 0.3 is 0 Å². The van der Waals surface area contributed by atoms with E-state index in [4.69, 9.17) is 4.74 Å². The van der Waals surface area contributed by atoms with Crippen LogP contribution in [0.15, 0.2) is 16.6 Å². The predicted molar refractivity (Wildman–Crippen MR) is 58.0 cm³/mol. The standard InChI is InChI=1S/C8H7BrFIO/c1-2-12-6-4-3-5(10)8(11)7(6)9/h3-4H,2H2,1H3. The van der Waals surface area contributed by atoms with E-state index in [9.17, 15) is 4.39 Å².